The second-order valence-electron chi connectivity index (χ2n) is 4.44. The first-order valence-corrected chi connectivity index (χ1v) is 7.38. The number of pyridine rings is 1. The van der Waals surface area contributed by atoms with E-state index in [0.717, 1.165) is 13.0 Å². The molecule has 21 heavy (non-hydrogen) atoms. The van der Waals surface area contributed by atoms with Gasteiger partial charge in [0.1, 0.15) is 0 Å². The van der Waals surface area contributed by atoms with Crippen molar-refractivity contribution in [3.8, 4) is 11.6 Å². The summed E-state index contributed by atoms with van der Waals surface area (Å²) in [6, 6.07) is 5.86. The van der Waals surface area contributed by atoms with E-state index in [1.165, 1.54) is 18.3 Å². The number of hydrogen-bond acceptors (Lipinski definition) is 3. The second kappa shape index (κ2) is 7.47. The second-order valence-corrected chi connectivity index (χ2v) is 5.36. The quantitative estimate of drug-likeness (QED) is 0.778. The van der Waals surface area contributed by atoms with Crippen LogP contribution in [0.2, 0.25) is 0 Å². The van der Waals surface area contributed by atoms with Crippen LogP contribution < -0.4 is 10.1 Å². The smallest absolute Gasteiger partial charge is 0.256 e. The van der Waals surface area contributed by atoms with Crippen LogP contribution >= 0.6 is 15.9 Å². The topological polar surface area (TPSA) is 34.2 Å². The fourth-order valence-corrected chi connectivity index (χ4v) is 2.06. The van der Waals surface area contributed by atoms with Crippen LogP contribution in [-0.2, 0) is 6.54 Å². The maximum Gasteiger partial charge on any atom is 0.256 e. The molecule has 112 valence electrons. The van der Waals surface area contributed by atoms with E-state index in [1.54, 1.807) is 12.1 Å². The Morgan fingerprint density at radius 3 is 2.81 bits per heavy atom. The molecule has 1 heterocycles. The average Bonchev–Trinajstić information content (AvgIpc) is 2.46. The largest absolute Gasteiger partial charge is 0.433 e. The molecule has 3 nitrogen and oxygen atoms in total. The van der Waals surface area contributed by atoms with E-state index in [9.17, 15) is 8.78 Å². The van der Waals surface area contributed by atoms with Crippen molar-refractivity contribution in [2.24, 2.45) is 0 Å². The zero-order chi connectivity index (χ0) is 15.2. The highest BCUT2D eigenvalue weighted by atomic mass is 79.9. The minimum absolute atomic E-state index is 0.0664. The third kappa shape index (κ3) is 4.22. The van der Waals surface area contributed by atoms with Crippen molar-refractivity contribution >= 4 is 15.9 Å². The Hall–Kier alpha value is -1.53. The summed E-state index contributed by atoms with van der Waals surface area (Å²) in [5.74, 6) is -1.46. The van der Waals surface area contributed by atoms with E-state index in [-0.39, 0.29) is 11.6 Å². The summed E-state index contributed by atoms with van der Waals surface area (Å²) >= 11 is 3.15. The fourth-order valence-electron chi connectivity index (χ4n) is 1.73. The SMILES string of the molecule is CCCNCc1ccnc(Oc2ccc(Br)cc2F)c1F. The van der Waals surface area contributed by atoms with Crippen molar-refractivity contribution in [3.05, 3.63) is 52.1 Å². The summed E-state index contributed by atoms with van der Waals surface area (Å²) < 4.78 is 33.8. The van der Waals surface area contributed by atoms with Gasteiger partial charge >= 0.3 is 0 Å². The first-order valence-electron chi connectivity index (χ1n) is 6.58. The molecular formula is C15H15BrF2N2O. The van der Waals surface area contributed by atoms with Gasteiger partial charge in [0, 0.05) is 22.8 Å². The molecule has 1 aromatic heterocycles. The maximum absolute atomic E-state index is 14.2. The molecule has 1 aromatic carbocycles. The van der Waals surface area contributed by atoms with Gasteiger partial charge in [-0.15, -0.1) is 0 Å². The Labute approximate surface area is 130 Å². The summed E-state index contributed by atoms with van der Waals surface area (Å²) in [6.45, 7) is 3.20. The third-order valence-electron chi connectivity index (χ3n) is 2.78. The van der Waals surface area contributed by atoms with Crippen LogP contribution in [0, 0.1) is 11.6 Å². The molecule has 0 aliphatic carbocycles. The van der Waals surface area contributed by atoms with Gasteiger partial charge in [-0.25, -0.2) is 13.8 Å². The lowest BCUT2D eigenvalue weighted by Crippen LogP contribution is -2.15. The molecule has 0 aliphatic heterocycles. The molecule has 0 radical (unpaired) electrons. The molecule has 0 fully saturated rings. The normalized spacial score (nSPS) is 10.7. The van der Waals surface area contributed by atoms with Crippen molar-refractivity contribution in [1.82, 2.24) is 10.3 Å². The van der Waals surface area contributed by atoms with E-state index < -0.39 is 11.6 Å². The molecule has 0 aliphatic rings. The molecule has 2 rings (SSSR count). The number of benzene rings is 1. The van der Waals surface area contributed by atoms with Crippen molar-refractivity contribution < 1.29 is 13.5 Å². The average molecular weight is 357 g/mol. The summed E-state index contributed by atoms with van der Waals surface area (Å²) in [5.41, 5.74) is 0.436. The minimum atomic E-state index is -0.583. The monoisotopic (exact) mass is 356 g/mol. The first-order chi connectivity index (χ1) is 10.1. The number of nitrogens with zero attached hydrogens (tertiary/aromatic N) is 1. The zero-order valence-electron chi connectivity index (χ0n) is 11.5. The van der Waals surface area contributed by atoms with E-state index in [4.69, 9.17) is 4.74 Å². The third-order valence-corrected chi connectivity index (χ3v) is 3.27. The lowest BCUT2D eigenvalue weighted by molar-refractivity contribution is 0.394. The van der Waals surface area contributed by atoms with E-state index in [1.807, 2.05) is 6.92 Å². The highest BCUT2D eigenvalue weighted by molar-refractivity contribution is 9.10. The number of nitrogens with one attached hydrogen (secondary N) is 1. The Balaban J connectivity index is 2.18. The van der Waals surface area contributed by atoms with E-state index >= 15 is 0 Å². The van der Waals surface area contributed by atoms with Crippen LogP contribution in [0.3, 0.4) is 0 Å². The summed E-state index contributed by atoms with van der Waals surface area (Å²) in [5, 5.41) is 3.10. The van der Waals surface area contributed by atoms with Gasteiger partial charge in [-0.2, -0.15) is 0 Å². The van der Waals surface area contributed by atoms with Crippen LogP contribution in [0.1, 0.15) is 18.9 Å². The highest BCUT2D eigenvalue weighted by Gasteiger charge is 2.13. The van der Waals surface area contributed by atoms with Crippen LogP contribution in [-0.4, -0.2) is 11.5 Å². The molecule has 6 heteroatoms. The first kappa shape index (κ1) is 15.9. The number of rotatable bonds is 6. The molecule has 0 atom stereocenters. The van der Waals surface area contributed by atoms with Crippen molar-refractivity contribution in [2.75, 3.05) is 6.54 Å². The fraction of sp³-hybridized carbons (Fsp3) is 0.267. The molecular weight excluding hydrogens is 342 g/mol. The van der Waals surface area contributed by atoms with Gasteiger partial charge in [-0.05, 0) is 37.2 Å². The lowest BCUT2D eigenvalue weighted by Gasteiger charge is -2.10. The standard InChI is InChI=1S/C15H15BrF2N2O/c1-2-6-19-9-10-5-7-20-15(14(10)18)21-13-4-3-11(16)8-12(13)17/h3-5,7-8,19H,2,6,9H2,1H3. The molecule has 0 saturated carbocycles. The Morgan fingerprint density at radius 1 is 1.29 bits per heavy atom. The number of aromatic nitrogens is 1. The predicted octanol–water partition coefficient (Wildman–Crippen LogP) is 4.41. The predicted molar refractivity (Wildman–Crippen MR) is 80.4 cm³/mol. The van der Waals surface area contributed by atoms with Crippen LogP contribution in [0.15, 0.2) is 34.9 Å². The van der Waals surface area contributed by atoms with Gasteiger partial charge in [0.05, 0.1) is 0 Å². The number of ether oxygens (including phenoxy) is 1. The van der Waals surface area contributed by atoms with Gasteiger partial charge in [-0.3, -0.25) is 0 Å². The minimum Gasteiger partial charge on any atom is -0.433 e. The molecule has 0 saturated heterocycles. The van der Waals surface area contributed by atoms with Crippen LogP contribution in [0.5, 0.6) is 11.6 Å². The zero-order valence-corrected chi connectivity index (χ0v) is 13.1. The van der Waals surface area contributed by atoms with Crippen molar-refractivity contribution in [1.29, 1.82) is 0 Å². The molecule has 0 spiro atoms. The molecule has 2 aromatic rings. The maximum atomic E-state index is 14.2. The number of hydrogen-bond donors (Lipinski definition) is 1. The molecule has 0 unspecified atom stereocenters. The van der Waals surface area contributed by atoms with Crippen LogP contribution in [0.4, 0.5) is 8.78 Å². The van der Waals surface area contributed by atoms with Gasteiger partial charge in [-0.1, -0.05) is 22.9 Å². The Bertz CT molecular complexity index is 623. The molecule has 0 amide bonds. The van der Waals surface area contributed by atoms with Gasteiger partial charge in [0.25, 0.3) is 5.88 Å². The van der Waals surface area contributed by atoms with Gasteiger partial charge in [0.2, 0.25) is 0 Å². The van der Waals surface area contributed by atoms with Gasteiger partial charge in [0.15, 0.2) is 17.4 Å². The summed E-state index contributed by atoms with van der Waals surface area (Å²) in [7, 11) is 0. The summed E-state index contributed by atoms with van der Waals surface area (Å²) in [6.07, 6.45) is 2.40. The molecule has 1 N–H and O–H groups in total. The van der Waals surface area contributed by atoms with Crippen molar-refractivity contribution in [3.63, 3.8) is 0 Å². The number of halogens is 3. The van der Waals surface area contributed by atoms with Gasteiger partial charge < -0.3 is 10.1 Å². The Morgan fingerprint density at radius 2 is 2.10 bits per heavy atom. The van der Waals surface area contributed by atoms with Crippen molar-refractivity contribution in [2.45, 2.75) is 19.9 Å². The summed E-state index contributed by atoms with van der Waals surface area (Å²) in [4.78, 5) is 3.82. The van der Waals surface area contributed by atoms with E-state index in [2.05, 4.69) is 26.2 Å². The molecule has 0 bridgehead atoms. The van der Waals surface area contributed by atoms with Crippen LogP contribution in [0.25, 0.3) is 0 Å². The highest BCUT2D eigenvalue weighted by Crippen LogP contribution is 2.28. The van der Waals surface area contributed by atoms with E-state index in [0.29, 0.717) is 16.6 Å². The Kier molecular flexibility index (Phi) is 5.64. The lowest BCUT2D eigenvalue weighted by atomic mass is 10.2.